The summed E-state index contributed by atoms with van der Waals surface area (Å²) in [6.07, 6.45) is -0.548. The second-order valence-corrected chi connectivity index (χ2v) is 6.43. The summed E-state index contributed by atoms with van der Waals surface area (Å²) in [5, 5.41) is 10.4. The lowest BCUT2D eigenvalue weighted by molar-refractivity contribution is 0.179. The molecule has 1 heterocycles. The topological polar surface area (TPSA) is 20.2 Å². The molecule has 2 atom stereocenters. The Hall–Kier alpha value is -0.190. The maximum Gasteiger partial charge on any atom is 0.123 e. The molecule has 1 aromatic carbocycles. The van der Waals surface area contributed by atoms with Crippen molar-refractivity contribution in [2.75, 3.05) is 17.3 Å². The summed E-state index contributed by atoms with van der Waals surface area (Å²) in [6, 6.07) is 4.63. The Morgan fingerprint density at radius 1 is 1.44 bits per heavy atom. The minimum Gasteiger partial charge on any atom is -0.387 e. The summed E-state index contributed by atoms with van der Waals surface area (Å²) in [4.78, 5) is 0. The Morgan fingerprint density at radius 3 is 2.94 bits per heavy atom. The van der Waals surface area contributed by atoms with Crippen LogP contribution in [0.2, 0.25) is 0 Å². The number of halogens is 1. The van der Waals surface area contributed by atoms with Crippen LogP contribution in [0.3, 0.4) is 0 Å². The zero-order valence-corrected chi connectivity index (χ0v) is 10.8. The molecule has 0 saturated carbocycles. The zero-order chi connectivity index (χ0) is 11.5. The quantitative estimate of drug-likeness (QED) is 0.880. The highest BCUT2D eigenvalue weighted by Gasteiger charge is 2.25. The van der Waals surface area contributed by atoms with Gasteiger partial charge in [0.1, 0.15) is 5.82 Å². The molecular weight excluding hydrogens is 243 g/mol. The van der Waals surface area contributed by atoms with Gasteiger partial charge in [-0.15, -0.1) is 0 Å². The molecule has 0 bridgehead atoms. The minimum absolute atomic E-state index is 0.194. The van der Waals surface area contributed by atoms with Gasteiger partial charge in [-0.1, -0.05) is 6.07 Å². The van der Waals surface area contributed by atoms with Crippen LogP contribution >= 0.6 is 23.5 Å². The van der Waals surface area contributed by atoms with Crippen LogP contribution in [0.1, 0.15) is 17.2 Å². The number of hydrogen-bond acceptors (Lipinski definition) is 3. The summed E-state index contributed by atoms with van der Waals surface area (Å²) in [7, 11) is 0. The molecule has 1 aliphatic rings. The van der Waals surface area contributed by atoms with Gasteiger partial charge in [0.05, 0.1) is 6.10 Å². The van der Waals surface area contributed by atoms with E-state index in [1.54, 1.807) is 17.8 Å². The third kappa shape index (κ3) is 2.73. The summed E-state index contributed by atoms with van der Waals surface area (Å²) in [5.41, 5.74) is 1.70. The minimum atomic E-state index is -0.548. The highest BCUT2D eigenvalue weighted by atomic mass is 32.2. The second-order valence-electron chi connectivity index (χ2n) is 3.93. The van der Waals surface area contributed by atoms with Crippen LogP contribution in [0.25, 0.3) is 0 Å². The van der Waals surface area contributed by atoms with Crippen LogP contribution in [0.15, 0.2) is 18.2 Å². The lowest BCUT2D eigenvalue weighted by Gasteiger charge is -2.27. The Labute approximate surface area is 104 Å². The molecule has 88 valence electrons. The maximum atomic E-state index is 13.2. The number of rotatable bonds is 2. The lowest BCUT2D eigenvalue weighted by Crippen LogP contribution is -2.23. The van der Waals surface area contributed by atoms with Crippen molar-refractivity contribution in [1.82, 2.24) is 0 Å². The predicted molar refractivity (Wildman–Crippen MR) is 69.7 cm³/mol. The van der Waals surface area contributed by atoms with Crippen molar-refractivity contribution in [3.63, 3.8) is 0 Å². The van der Waals surface area contributed by atoms with Gasteiger partial charge in [-0.05, 0) is 30.2 Å². The molecule has 0 radical (unpaired) electrons. The van der Waals surface area contributed by atoms with Crippen molar-refractivity contribution in [1.29, 1.82) is 0 Å². The van der Waals surface area contributed by atoms with E-state index in [0.717, 1.165) is 28.4 Å². The van der Waals surface area contributed by atoms with E-state index in [-0.39, 0.29) is 11.1 Å². The molecule has 0 spiro atoms. The van der Waals surface area contributed by atoms with Gasteiger partial charge in [0.2, 0.25) is 0 Å². The second kappa shape index (κ2) is 5.43. The Morgan fingerprint density at radius 2 is 2.25 bits per heavy atom. The molecule has 0 amide bonds. The fourth-order valence-corrected chi connectivity index (χ4v) is 4.56. The van der Waals surface area contributed by atoms with E-state index < -0.39 is 6.10 Å². The summed E-state index contributed by atoms with van der Waals surface area (Å²) < 4.78 is 13.2. The molecule has 2 rings (SSSR count). The van der Waals surface area contributed by atoms with E-state index in [1.807, 2.05) is 18.7 Å². The summed E-state index contributed by atoms with van der Waals surface area (Å²) >= 11 is 3.65. The third-order valence-corrected chi connectivity index (χ3v) is 5.60. The first kappa shape index (κ1) is 12.3. The number of aliphatic hydroxyl groups is 1. The first-order valence-electron chi connectivity index (χ1n) is 5.32. The van der Waals surface area contributed by atoms with Gasteiger partial charge < -0.3 is 5.11 Å². The maximum absolute atomic E-state index is 13.2. The summed E-state index contributed by atoms with van der Waals surface area (Å²) in [6.45, 7) is 1.92. The van der Waals surface area contributed by atoms with Gasteiger partial charge >= 0.3 is 0 Å². The van der Waals surface area contributed by atoms with E-state index in [2.05, 4.69) is 0 Å². The molecule has 2 unspecified atom stereocenters. The fraction of sp³-hybridized carbons (Fsp3) is 0.500. The molecule has 4 heteroatoms. The lowest BCUT2D eigenvalue weighted by atomic mass is 10.0. The predicted octanol–water partition coefficient (Wildman–Crippen LogP) is 3.02. The fourth-order valence-electron chi connectivity index (χ4n) is 1.82. The molecule has 0 aliphatic carbocycles. The van der Waals surface area contributed by atoms with Gasteiger partial charge in [0, 0.05) is 22.5 Å². The summed E-state index contributed by atoms with van der Waals surface area (Å²) in [5.74, 6) is 2.89. The molecule has 16 heavy (non-hydrogen) atoms. The highest BCUT2D eigenvalue weighted by molar-refractivity contribution is 8.06. The van der Waals surface area contributed by atoms with Gasteiger partial charge in [-0.25, -0.2) is 4.39 Å². The number of thioether (sulfide) groups is 2. The van der Waals surface area contributed by atoms with E-state index in [0.29, 0.717) is 0 Å². The highest BCUT2D eigenvalue weighted by Crippen LogP contribution is 2.34. The third-order valence-electron chi connectivity index (χ3n) is 2.75. The number of hydrogen-bond donors (Lipinski definition) is 1. The Balaban J connectivity index is 2.18. The van der Waals surface area contributed by atoms with Crippen LogP contribution in [0.5, 0.6) is 0 Å². The largest absolute Gasteiger partial charge is 0.387 e. The molecule has 1 saturated heterocycles. The van der Waals surface area contributed by atoms with Crippen LogP contribution < -0.4 is 0 Å². The smallest absolute Gasteiger partial charge is 0.123 e. The van der Waals surface area contributed by atoms with E-state index in [1.165, 1.54) is 12.1 Å². The van der Waals surface area contributed by atoms with E-state index in [9.17, 15) is 9.50 Å². The molecule has 1 nitrogen and oxygen atoms in total. The average Bonchev–Trinajstić information content (AvgIpc) is 2.32. The first-order valence-corrected chi connectivity index (χ1v) is 7.52. The van der Waals surface area contributed by atoms with Crippen molar-refractivity contribution in [3.05, 3.63) is 35.1 Å². The normalized spacial score (nSPS) is 23.1. The van der Waals surface area contributed by atoms with Gasteiger partial charge in [0.25, 0.3) is 0 Å². The van der Waals surface area contributed by atoms with Crippen molar-refractivity contribution in [3.8, 4) is 0 Å². The monoisotopic (exact) mass is 258 g/mol. The van der Waals surface area contributed by atoms with E-state index in [4.69, 9.17) is 0 Å². The van der Waals surface area contributed by atoms with Gasteiger partial charge in [-0.3, -0.25) is 0 Å². The number of benzene rings is 1. The van der Waals surface area contributed by atoms with Gasteiger partial charge in [-0.2, -0.15) is 23.5 Å². The first-order chi connectivity index (χ1) is 7.68. The number of aryl methyl sites for hydroxylation is 1. The van der Waals surface area contributed by atoms with Gasteiger partial charge in [0.15, 0.2) is 0 Å². The molecule has 1 N–H and O–H groups in total. The molecule has 1 aliphatic heterocycles. The van der Waals surface area contributed by atoms with Crippen LogP contribution in [-0.4, -0.2) is 27.6 Å². The van der Waals surface area contributed by atoms with E-state index >= 15 is 0 Å². The van der Waals surface area contributed by atoms with Crippen molar-refractivity contribution >= 4 is 23.5 Å². The molecule has 1 fully saturated rings. The molecule has 0 aromatic heterocycles. The van der Waals surface area contributed by atoms with Crippen molar-refractivity contribution in [2.45, 2.75) is 18.3 Å². The van der Waals surface area contributed by atoms with Crippen molar-refractivity contribution in [2.24, 2.45) is 0 Å². The SMILES string of the molecule is Cc1ccc(F)cc1C(O)C1CSCCS1. The Kier molecular flexibility index (Phi) is 4.16. The van der Waals surface area contributed by atoms with Crippen LogP contribution in [0, 0.1) is 12.7 Å². The zero-order valence-electron chi connectivity index (χ0n) is 9.15. The van der Waals surface area contributed by atoms with Crippen molar-refractivity contribution < 1.29 is 9.50 Å². The Bertz CT molecular complexity index is 364. The molecule has 1 aromatic rings. The average molecular weight is 258 g/mol. The number of aliphatic hydroxyl groups excluding tert-OH is 1. The van der Waals surface area contributed by atoms with Crippen LogP contribution in [0.4, 0.5) is 4.39 Å². The molecular formula is C12H15FOS2. The van der Waals surface area contributed by atoms with Crippen LogP contribution in [-0.2, 0) is 0 Å². The standard InChI is InChI=1S/C12H15FOS2/c1-8-2-3-9(13)6-10(8)12(14)11-7-15-4-5-16-11/h2-3,6,11-12,14H,4-5,7H2,1H3.